The van der Waals surface area contributed by atoms with Gasteiger partial charge in [-0.1, -0.05) is 86.5 Å². The molecule has 2 fully saturated rings. The van der Waals surface area contributed by atoms with Crippen LogP contribution in [0.25, 0.3) is 0 Å². The molecule has 4 heteroatoms. The molecule has 2 aliphatic carbocycles. The van der Waals surface area contributed by atoms with Gasteiger partial charge in [0.05, 0.1) is 0 Å². The SMILES string of the molecule is CCCCN(CCCC)N(C1CCCCC1)C1(N(CCC)CCC)CCCCC1N(CC)CC. The highest BCUT2D eigenvalue weighted by atomic mass is 15.7. The molecule has 202 valence electrons. The minimum absolute atomic E-state index is 0.153. The highest BCUT2D eigenvalue weighted by Gasteiger charge is 2.54. The molecule has 4 nitrogen and oxygen atoms in total. The van der Waals surface area contributed by atoms with Crippen LogP contribution in [-0.4, -0.2) is 76.8 Å². The number of unbranched alkanes of at least 4 members (excludes halogenated alkanes) is 2. The van der Waals surface area contributed by atoms with E-state index < -0.39 is 0 Å². The van der Waals surface area contributed by atoms with Crippen LogP contribution in [0.3, 0.4) is 0 Å². The summed E-state index contributed by atoms with van der Waals surface area (Å²) in [6.07, 6.45) is 20.3. The number of hydrogen-bond donors (Lipinski definition) is 0. The Morgan fingerprint density at radius 1 is 0.618 bits per heavy atom. The molecular formula is C30H62N4. The molecule has 0 heterocycles. The Kier molecular flexibility index (Phi) is 14.6. The van der Waals surface area contributed by atoms with Gasteiger partial charge in [-0.15, -0.1) is 0 Å². The first-order valence-corrected chi connectivity index (χ1v) is 15.7. The fourth-order valence-electron chi connectivity index (χ4n) is 7.21. The maximum absolute atomic E-state index is 3.12. The van der Waals surface area contributed by atoms with Gasteiger partial charge in [-0.3, -0.25) is 9.80 Å². The van der Waals surface area contributed by atoms with E-state index >= 15 is 0 Å². The van der Waals surface area contributed by atoms with E-state index in [-0.39, 0.29) is 5.66 Å². The first-order chi connectivity index (χ1) is 16.6. The molecule has 2 atom stereocenters. The summed E-state index contributed by atoms with van der Waals surface area (Å²) in [6, 6.07) is 1.36. The van der Waals surface area contributed by atoms with Gasteiger partial charge in [-0.05, 0) is 77.5 Å². The Labute approximate surface area is 214 Å². The molecule has 0 radical (unpaired) electrons. The predicted molar refractivity (Wildman–Crippen MR) is 150 cm³/mol. The number of likely N-dealkylation sites (N-methyl/N-ethyl adjacent to an activating group) is 1. The Balaban J connectivity index is 2.68. The third kappa shape index (κ3) is 7.43. The standard InChI is InChI=1S/C30H62N4/c1-7-13-26-33(27-14-8-2)34(28-20-16-15-17-21-28)30(32(24-9-3)25-10-4)23-19-18-22-29(30)31(11-5)12-6/h28-29H,7-27H2,1-6H3. The highest BCUT2D eigenvalue weighted by Crippen LogP contribution is 2.44. The predicted octanol–water partition coefficient (Wildman–Crippen LogP) is 7.54. The second-order valence-corrected chi connectivity index (χ2v) is 11.1. The van der Waals surface area contributed by atoms with Crippen molar-refractivity contribution in [1.82, 2.24) is 19.8 Å². The Hall–Kier alpha value is -0.160. The average molecular weight is 479 g/mol. The summed E-state index contributed by atoms with van der Waals surface area (Å²) in [7, 11) is 0. The van der Waals surface area contributed by atoms with Crippen molar-refractivity contribution in [3.05, 3.63) is 0 Å². The number of nitrogens with zero attached hydrogens (tertiary/aromatic N) is 4. The van der Waals surface area contributed by atoms with E-state index in [2.05, 4.69) is 61.4 Å². The molecule has 0 aliphatic heterocycles. The Morgan fingerprint density at radius 2 is 1.18 bits per heavy atom. The van der Waals surface area contributed by atoms with Crippen molar-refractivity contribution < 1.29 is 0 Å². The van der Waals surface area contributed by atoms with Crippen LogP contribution in [-0.2, 0) is 0 Å². The first kappa shape index (κ1) is 30.1. The summed E-state index contributed by atoms with van der Waals surface area (Å²) in [5, 5.41) is 6.04. The van der Waals surface area contributed by atoms with Crippen LogP contribution < -0.4 is 0 Å². The molecule has 2 unspecified atom stereocenters. The van der Waals surface area contributed by atoms with Gasteiger partial charge in [0.2, 0.25) is 0 Å². The van der Waals surface area contributed by atoms with Crippen molar-refractivity contribution >= 4 is 0 Å². The van der Waals surface area contributed by atoms with Crippen LogP contribution in [0.5, 0.6) is 0 Å². The molecule has 0 saturated heterocycles. The topological polar surface area (TPSA) is 13.0 Å². The minimum atomic E-state index is 0.153. The number of rotatable bonds is 17. The molecule has 2 saturated carbocycles. The van der Waals surface area contributed by atoms with Gasteiger partial charge in [0.15, 0.2) is 0 Å². The van der Waals surface area contributed by atoms with Gasteiger partial charge in [-0.25, -0.2) is 10.0 Å². The van der Waals surface area contributed by atoms with E-state index in [9.17, 15) is 0 Å². The minimum Gasteiger partial charge on any atom is -0.298 e. The first-order valence-electron chi connectivity index (χ1n) is 15.7. The van der Waals surface area contributed by atoms with Crippen molar-refractivity contribution in [3.63, 3.8) is 0 Å². The molecule has 0 aromatic heterocycles. The van der Waals surface area contributed by atoms with E-state index in [1.165, 1.54) is 136 Å². The van der Waals surface area contributed by atoms with E-state index in [1.807, 2.05) is 0 Å². The van der Waals surface area contributed by atoms with E-state index in [0.29, 0.717) is 6.04 Å². The molecule has 0 bridgehead atoms. The van der Waals surface area contributed by atoms with Gasteiger partial charge in [0, 0.05) is 25.2 Å². The molecule has 0 aromatic rings. The number of hydrazine groups is 1. The van der Waals surface area contributed by atoms with Gasteiger partial charge in [0.1, 0.15) is 5.66 Å². The van der Waals surface area contributed by atoms with Crippen LogP contribution >= 0.6 is 0 Å². The van der Waals surface area contributed by atoms with Crippen molar-refractivity contribution in [2.45, 2.75) is 156 Å². The largest absolute Gasteiger partial charge is 0.298 e. The van der Waals surface area contributed by atoms with Crippen molar-refractivity contribution in [3.8, 4) is 0 Å². The lowest BCUT2D eigenvalue weighted by atomic mass is 9.78. The van der Waals surface area contributed by atoms with Gasteiger partial charge in [0.25, 0.3) is 0 Å². The molecule has 0 aromatic carbocycles. The lowest BCUT2D eigenvalue weighted by Gasteiger charge is -2.63. The molecule has 0 N–H and O–H groups in total. The summed E-state index contributed by atoms with van der Waals surface area (Å²) in [4.78, 5) is 5.86. The van der Waals surface area contributed by atoms with Gasteiger partial charge < -0.3 is 0 Å². The molecule has 2 aliphatic rings. The fourth-order valence-corrected chi connectivity index (χ4v) is 7.21. The maximum atomic E-state index is 3.12. The molecular weight excluding hydrogens is 416 g/mol. The van der Waals surface area contributed by atoms with Crippen molar-refractivity contribution in [2.75, 3.05) is 39.3 Å². The monoisotopic (exact) mass is 478 g/mol. The fraction of sp³-hybridized carbons (Fsp3) is 1.00. The molecule has 2 rings (SSSR count). The number of hydrogen-bond acceptors (Lipinski definition) is 4. The Morgan fingerprint density at radius 3 is 1.68 bits per heavy atom. The normalized spacial score (nSPS) is 24.7. The third-order valence-corrected chi connectivity index (χ3v) is 8.76. The van der Waals surface area contributed by atoms with Crippen molar-refractivity contribution in [1.29, 1.82) is 0 Å². The molecule has 0 spiro atoms. The Bertz CT molecular complexity index is 488. The zero-order chi connectivity index (χ0) is 24.8. The van der Waals surface area contributed by atoms with Crippen LogP contribution in [0.2, 0.25) is 0 Å². The van der Waals surface area contributed by atoms with Crippen LogP contribution in [0.15, 0.2) is 0 Å². The average Bonchev–Trinajstić information content (AvgIpc) is 2.87. The lowest BCUT2D eigenvalue weighted by Crippen LogP contribution is -2.76. The maximum Gasteiger partial charge on any atom is 0.103 e. The summed E-state index contributed by atoms with van der Waals surface area (Å²) in [5.41, 5.74) is 0.153. The summed E-state index contributed by atoms with van der Waals surface area (Å²) in [5.74, 6) is 0. The van der Waals surface area contributed by atoms with E-state index in [4.69, 9.17) is 0 Å². The van der Waals surface area contributed by atoms with Gasteiger partial charge >= 0.3 is 0 Å². The highest BCUT2D eigenvalue weighted by molar-refractivity contribution is 5.05. The molecule has 0 amide bonds. The quantitative estimate of drug-likeness (QED) is 0.158. The second-order valence-electron chi connectivity index (χ2n) is 11.1. The van der Waals surface area contributed by atoms with Crippen LogP contribution in [0.4, 0.5) is 0 Å². The summed E-state index contributed by atoms with van der Waals surface area (Å²) in [6.45, 7) is 21.7. The smallest absolute Gasteiger partial charge is 0.103 e. The van der Waals surface area contributed by atoms with Crippen LogP contribution in [0.1, 0.15) is 138 Å². The second kappa shape index (κ2) is 16.6. The summed E-state index contributed by atoms with van der Waals surface area (Å²) >= 11 is 0. The van der Waals surface area contributed by atoms with E-state index in [0.717, 1.165) is 6.04 Å². The summed E-state index contributed by atoms with van der Waals surface area (Å²) < 4.78 is 0. The van der Waals surface area contributed by atoms with Crippen molar-refractivity contribution in [2.24, 2.45) is 0 Å². The lowest BCUT2D eigenvalue weighted by molar-refractivity contribution is -0.244. The van der Waals surface area contributed by atoms with Crippen LogP contribution in [0, 0.1) is 0 Å². The van der Waals surface area contributed by atoms with Gasteiger partial charge in [-0.2, -0.15) is 0 Å². The third-order valence-electron chi connectivity index (χ3n) is 8.76. The zero-order valence-electron chi connectivity index (χ0n) is 24.3. The zero-order valence-corrected chi connectivity index (χ0v) is 24.3. The molecule has 34 heavy (non-hydrogen) atoms. The van der Waals surface area contributed by atoms with E-state index in [1.54, 1.807) is 0 Å².